The Balaban J connectivity index is 1.19. The lowest BCUT2D eigenvalue weighted by atomic mass is 10.0. The van der Waals surface area contributed by atoms with E-state index in [-0.39, 0.29) is 0 Å². The first-order chi connectivity index (χ1) is 20.3. The third-order valence-electron chi connectivity index (χ3n) is 7.72. The van der Waals surface area contributed by atoms with Crippen LogP contribution < -0.4 is 4.74 Å². The molecule has 0 aliphatic heterocycles. The quantitative estimate of drug-likeness (QED) is 0.0978. The second kappa shape index (κ2) is 20.5. The van der Waals surface area contributed by atoms with Gasteiger partial charge in [-0.2, -0.15) is 5.26 Å². The topological polar surface area (TPSA) is 45.4 Å². The van der Waals surface area contributed by atoms with Gasteiger partial charge in [-0.1, -0.05) is 128 Å². The van der Waals surface area contributed by atoms with Gasteiger partial charge in [0.25, 0.3) is 0 Å². The average molecular weight is 551 g/mol. The fourth-order valence-corrected chi connectivity index (χ4v) is 5.12. The highest BCUT2D eigenvalue weighted by Gasteiger charge is 2.00. The zero-order valence-electron chi connectivity index (χ0n) is 25.3. The van der Waals surface area contributed by atoms with Crippen LogP contribution in [0.1, 0.15) is 121 Å². The summed E-state index contributed by atoms with van der Waals surface area (Å²) in [7, 11) is 0. The molecular formula is C38H50N2O. The maximum atomic E-state index is 8.96. The lowest BCUT2D eigenvalue weighted by Crippen LogP contribution is -1.97. The Morgan fingerprint density at radius 3 is 1.54 bits per heavy atom. The predicted octanol–water partition coefficient (Wildman–Crippen LogP) is 11.6. The molecule has 3 nitrogen and oxygen atoms in total. The first-order valence-electron chi connectivity index (χ1n) is 16.2. The lowest BCUT2D eigenvalue weighted by Gasteiger charge is -2.07. The van der Waals surface area contributed by atoms with Gasteiger partial charge < -0.3 is 4.74 Å². The molecule has 3 heteroatoms. The minimum absolute atomic E-state index is 0.673. The van der Waals surface area contributed by atoms with Crippen LogP contribution in [0.3, 0.4) is 0 Å². The molecule has 41 heavy (non-hydrogen) atoms. The second-order valence-electron chi connectivity index (χ2n) is 11.2. The highest BCUT2D eigenvalue weighted by atomic mass is 16.5. The summed E-state index contributed by atoms with van der Waals surface area (Å²) in [5.41, 5.74) is 4.84. The minimum Gasteiger partial charge on any atom is -0.494 e. The number of unbranched alkanes of at least 4 members (excludes halogenated alkanes) is 15. The summed E-state index contributed by atoms with van der Waals surface area (Å²) in [6.45, 7) is 3.08. The molecular weight excluding hydrogens is 500 g/mol. The van der Waals surface area contributed by atoms with Crippen molar-refractivity contribution in [2.75, 3.05) is 6.61 Å². The zero-order valence-corrected chi connectivity index (χ0v) is 25.3. The summed E-state index contributed by atoms with van der Waals surface area (Å²) in [6.07, 6.45) is 24.0. The van der Waals surface area contributed by atoms with Crippen molar-refractivity contribution < 1.29 is 4.74 Å². The molecule has 0 saturated heterocycles. The van der Waals surface area contributed by atoms with E-state index in [0.717, 1.165) is 41.2 Å². The van der Waals surface area contributed by atoms with E-state index in [2.05, 4.69) is 42.3 Å². The number of rotatable bonds is 21. The lowest BCUT2D eigenvalue weighted by molar-refractivity contribution is 0.304. The molecule has 0 N–H and O–H groups in total. The molecule has 3 aromatic rings. The van der Waals surface area contributed by atoms with Crippen molar-refractivity contribution >= 4 is 11.9 Å². The zero-order chi connectivity index (χ0) is 28.8. The van der Waals surface area contributed by atoms with Crippen LogP contribution >= 0.6 is 0 Å². The molecule has 0 heterocycles. The Hall–Kier alpha value is -3.38. The molecule has 0 aliphatic rings. The van der Waals surface area contributed by atoms with Crippen molar-refractivity contribution in [1.29, 1.82) is 5.26 Å². The number of ether oxygens (including phenoxy) is 1. The molecule has 0 aliphatic carbocycles. The summed E-state index contributed by atoms with van der Waals surface area (Å²) < 4.78 is 5.95. The van der Waals surface area contributed by atoms with Crippen LogP contribution in [0.4, 0.5) is 5.69 Å². The van der Waals surface area contributed by atoms with E-state index in [1.807, 2.05) is 54.7 Å². The summed E-state index contributed by atoms with van der Waals surface area (Å²) >= 11 is 0. The maximum absolute atomic E-state index is 8.96. The largest absolute Gasteiger partial charge is 0.494 e. The first kappa shape index (κ1) is 32.1. The molecule has 0 unspecified atom stereocenters. The van der Waals surface area contributed by atoms with Gasteiger partial charge in [0.05, 0.1) is 23.9 Å². The van der Waals surface area contributed by atoms with Crippen molar-refractivity contribution in [3.8, 4) is 22.9 Å². The van der Waals surface area contributed by atoms with Gasteiger partial charge in [0.15, 0.2) is 0 Å². The normalized spacial score (nSPS) is 11.1. The molecule has 0 spiro atoms. The summed E-state index contributed by atoms with van der Waals surface area (Å²) in [5, 5.41) is 8.96. The Labute approximate surface area is 249 Å². The van der Waals surface area contributed by atoms with Gasteiger partial charge in [0, 0.05) is 6.21 Å². The van der Waals surface area contributed by atoms with Gasteiger partial charge in [-0.05, 0) is 71.6 Å². The van der Waals surface area contributed by atoms with E-state index in [4.69, 9.17) is 10.00 Å². The van der Waals surface area contributed by atoms with Crippen molar-refractivity contribution in [2.24, 2.45) is 4.99 Å². The fourth-order valence-electron chi connectivity index (χ4n) is 5.12. The highest BCUT2D eigenvalue weighted by Crippen LogP contribution is 2.23. The third-order valence-corrected chi connectivity index (χ3v) is 7.72. The summed E-state index contributed by atoms with van der Waals surface area (Å²) in [6, 6.07) is 26.1. The maximum Gasteiger partial charge on any atom is 0.119 e. The van der Waals surface area contributed by atoms with E-state index in [1.54, 1.807) is 0 Å². The standard InChI is InChI=1S/C38H50N2O/c1-2-3-4-5-6-7-8-9-10-11-12-13-14-15-16-17-30-41-38-28-20-34(21-29-38)32-40-37-26-24-36(25-27-37)35-22-18-33(31-39)19-23-35/h18-29,32H,2-17,30H2,1H3. The molecule has 0 fully saturated rings. The Bertz CT molecular complexity index is 1140. The van der Waals surface area contributed by atoms with E-state index < -0.39 is 0 Å². The van der Waals surface area contributed by atoms with Gasteiger partial charge in [-0.25, -0.2) is 0 Å². The van der Waals surface area contributed by atoms with Gasteiger partial charge >= 0.3 is 0 Å². The van der Waals surface area contributed by atoms with Crippen molar-refractivity contribution in [2.45, 2.75) is 110 Å². The van der Waals surface area contributed by atoms with Gasteiger partial charge in [0.2, 0.25) is 0 Å². The minimum atomic E-state index is 0.673. The number of nitrogens with zero attached hydrogens (tertiary/aromatic N) is 2. The van der Waals surface area contributed by atoms with Gasteiger partial charge in [-0.3, -0.25) is 4.99 Å². The van der Waals surface area contributed by atoms with E-state index in [0.29, 0.717) is 5.56 Å². The monoisotopic (exact) mass is 550 g/mol. The molecule has 218 valence electrons. The Kier molecular flexibility index (Phi) is 16.1. The smallest absolute Gasteiger partial charge is 0.119 e. The van der Waals surface area contributed by atoms with E-state index in [9.17, 15) is 0 Å². The van der Waals surface area contributed by atoms with Crippen LogP contribution in [-0.4, -0.2) is 12.8 Å². The van der Waals surface area contributed by atoms with Crippen molar-refractivity contribution in [3.63, 3.8) is 0 Å². The predicted molar refractivity (Wildman–Crippen MR) is 175 cm³/mol. The molecule has 0 atom stereocenters. The van der Waals surface area contributed by atoms with E-state index in [1.165, 1.54) is 96.3 Å². The van der Waals surface area contributed by atoms with E-state index >= 15 is 0 Å². The number of aliphatic imine (C=N–C) groups is 1. The second-order valence-corrected chi connectivity index (χ2v) is 11.2. The molecule has 0 bridgehead atoms. The fraction of sp³-hybridized carbons (Fsp3) is 0.474. The SMILES string of the molecule is CCCCCCCCCCCCCCCCCCOc1ccc(C=Nc2ccc(-c3ccc(C#N)cc3)cc2)cc1. The molecule has 0 amide bonds. The highest BCUT2D eigenvalue weighted by molar-refractivity contribution is 5.82. The van der Waals surface area contributed by atoms with Crippen molar-refractivity contribution in [1.82, 2.24) is 0 Å². The number of hydrogen-bond acceptors (Lipinski definition) is 3. The molecule has 0 aromatic heterocycles. The Morgan fingerprint density at radius 2 is 1.05 bits per heavy atom. The molecule has 3 rings (SSSR count). The number of nitriles is 1. The van der Waals surface area contributed by atoms with Crippen LogP contribution in [-0.2, 0) is 0 Å². The van der Waals surface area contributed by atoms with Gasteiger partial charge in [-0.15, -0.1) is 0 Å². The summed E-state index contributed by atoms with van der Waals surface area (Å²) in [4.78, 5) is 4.61. The van der Waals surface area contributed by atoms with Crippen molar-refractivity contribution in [3.05, 3.63) is 83.9 Å². The van der Waals surface area contributed by atoms with Gasteiger partial charge in [0.1, 0.15) is 5.75 Å². The summed E-state index contributed by atoms with van der Waals surface area (Å²) in [5.74, 6) is 0.926. The van der Waals surface area contributed by atoms with Crippen LogP contribution in [0.25, 0.3) is 11.1 Å². The third kappa shape index (κ3) is 13.7. The van der Waals surface area contributed by atoms with Crippen LogP contribution in [0, 0.1) is 11.3 Å². The molecule has 3 aromatic carbocycles. The number of hydrogen-bond donors (Lipinski definition) is 0. The molecule has 0 saturated carbocycles. The Morgan fingerprint density at radius 1 is 0.585 bits per heavy atom. The average Bonchev–Trinajstić information content (AvgIpc) is 3.02. The van der Waals surface area contributed by atoms with Crippen LogP contribution in [0.2, 0.25) is 0 Å². The van der Waals surface area contributed by atoms with Crippen LogP contribution in [0.5, 0.6) is 5.75 Å². The molecule has 0 radical (unpaired) electrons. The first-order valence-corrected chi connectivity index (χ1v) is 16.2. The van der Waals surface area contributed by atoms with Crippen LogP contribution in [0.15, 0.2) is 77.8 Å². The number of benzene rings is 3.